The van der Waals surface area contributed by atoms with Crippen LogP contribution in [0.5, 0.6) is 5.75 Å². The zero-order chi connectivity index (χ0) is 11.3. The number of hydrogen-bond acceptors (Lipinski definition) is 2. The number of ether oxygens (including phenoxy) is 1. The van der Waals surface area contributed by atoms with Crippen molar-refractivity contribution < 1.29 is 4.74 Å². The predicted octanol–water partition coefficient (Wildman–Crippen LogP) is 3.24. The second-order valence-corrected chi connectivity index (χ2v) is 3.78. The van der Waals surface area contributed by atoms with Crippen molar-refractivity contribution >= 4 is 6.08 Å². The van der Waals surface area contributed by atoms with Gasteiger partial charge in [-0.2, -0.15) is 5.26 Å². The monoisotopic (exact) mass is 201 g/mol. The summed E-state index contributed by atoms with van der Waals surface area (Å²) in [6.45, 7) is 8.45. The molecule has 0 saturated heterocycles. The van der Waals surface area contributed by atoms with E-state index in [-0.39, 0.29) is 0 Å². The number of hydrogen-bond donors (Lipinski definition) is 0. The molecule has 1 aromatic carbocycles. The molecule has 0 N–H and O–H groups in total. The molecule has 0 saturated carbocycles. The second-order valence-electron chi connectivity index (χ2n) is 3.78. The van der Waals surface area contributed by atoms with Crippen LogP contribution in [-0.4, -0.2) is 6.61 Å². The first-order valence-electron chi connectivity index (χ1n) is 4.96. The molecule has 0 fully saturated rings. The molecule has 0 spiro atoms. The van der Waals surface area contributed by atoms with Crippen molar-refractivity contribution in [1.29, 1.82) is 5.26 Å². The summed E-state index contributed by atoms with van der Waals surface area (Å²) < 4.78 is 5.56. The summed E-state index contributed by atoms with van der Waals surface area (Å²) in [5.74, 6) is 1.09. The van der Waals surface area contributed by atoms with Crippen LogP contribution in [0.15, 0.2) is 24.8 Å². The minimum absolute atomic E-state index is 0.448. The average molecular weight is 201 g/mol. The molecule has 0 aromatic heterocycles. The smallest absolute Gasteiger partial charge is 0.137 e. The van der Waals surface area contributed by atoms with Gasteiger partial charge in [-0.1, -0.05) is 32.6 Å². The Hall–Kier alpha value is -1.75. The molecule has 0 bridgehead atoms. The Morgan fingerprint density at radius 1 is 1.53 bits per heavy atom. The summed E-state index contributed by atoms with van der Waals surface area (Å²) in [6.07, 6.45) is 1.74. The van der Waals surface area contributed by atoms with Crippen molar-refractivity contribution in [3.8, 4) is 11.8 Å². The van der Waals surface area contributed by atoms with Crippen molar-refractivity contribution in [2.45, 2.75) is 13.8 Å². The van der Waals surface area contributed by atoms with Crippen LogP contribution in [0.3, 0.4) is 0 Å². The molecule has 0 heterocycles. The van der Waals surface area contributed by atoms with Gasteiger partial charge in [0, 0.05) is 0 Å². The molecule has 0 unspecified atom stereocenters. The highest BCUT2D eigenvalue weighted by Crippen LogP contribution is 2.20. The summed E-state index contributed by atoms with van der Waals surface area (Å²) in [5.41, 5.74) is 1.54. The van der Waals surface area contributed by atoms with Gasteiger partial charge in [0.1, 0.15) is 11.8 Å². The van der Waals surface area contributed by atoms with E-state index < -0.39 is 0 Å². The van der Waals surface area contributed by atoms with Crippen LogP contribution in [0.1, 0.15) is 25.0 Å². The van der Waals surface area contributed by atoms with Crippen LogP contribution in [0.4, 0.5) is 0 Å². The van der Waals surface area contributed by atoms with E-state index in [1.165, 1.54) is 0 Å². The maximum Gasteiger partial charge on any atom is 0.137 e. The Morgan fingerprint density at radius 2 is 2.27 bits per heavy atom. The molecule has 0 aliphatic rings. The third kappa shape index (κ3) is 3.14. The quantitative estimate of drug-likeness (QED) is 0.749. The van der Waals surface area contributed by atoms with Gasteiger partial charge in [0.2, 0.25) is 0 Å². The highest BCUT2D eigenvalue weighted by Gasteiger charge is 2.04. The Bertz CT molecular complexity index is 388. The van der Waals surface area contributed by atoms with Gasteiger partial charge in [-0.05, 0) is 23.6 Å². The Kier molecular flexibility index (Phi) is 3.93. The fraction of sp³-hybridized carbons (Fsp3) is 0.308. The van der Waals surface area contributed by atoms with Crippen LogP contribution in [0, 0.1) is 17.2 Å². The molecular formula is C13H15NO. The van der Waals surface area contributed by atoms with Gasteiger partial charge in [0.25, 0.3) is 0 Å². The van der Waals surface area contributed by atoms with Crippen molar-refractivity contribution in [1.82, 2.24) is 0 Å². The van der Waals surface area contributed by atoms with E-state index in [0.29, 0.717) is 23.8 Å². The number of rotatable bonds is 4. The zero-order valence-corrected chi connectivity index (χ0v) is 9.16. The fourth-order valence-corrected chi connectivity index (χ4v) is 1.13. The highest BCUT2D eigenvalue weighted by molar-refractivity contribution is 5.55. The summed E-state index contributed by atoms with van der Waals surface area (Å²) in [5, 5.41) is 8.89. The van der Waals surface area contributed by atoms with Gasteiger partial charge >= 0.3 is 0 Å². The van der Waals surface area contributed by atoms with E-state index in [1.54, 1.807) is 12.1 Å². The molecule has 0 radical (unpaired) electrons. The van der Waals surface area contributed by atoms with Crippen molar-refractivity contribution in [2.24, 2.45) is 5.92 Å². The lowest BCUT2D eigenvalue weighted by atomic mass is 10.1. The number of nitrogens with zero attached hydrogens (tertiary/aromatic N) is 1. The van der Waals surface area contributed by atoms with Gasteiger partial charge in [0.05, 0.1) is 12.2 Å². The normalized spacial score (nSPS) is 9.73. The van der Waals surface area contributed by atoms with Crippen molar-refractivity contribution in [3.63, 3.8) is 0 Å². The van der Waals surface area contributed by atoms with Crippen LogP contribution in [0.25, 0.3) is 6.08 Å². The molecular weight excluding hydrogens is 186 g/mol. The molecule has 78 valence electrons. The minimum atomic E-state index is 0.448. The first-order chi connectivity index (χ1) is 7.17. The number of nitriles is 1. The molecule has 0 aliphatic heterocycles. The van der Waals surface area contributed by atoms with E-state index in [4.69, 9.17) is 10.00 Å². The van der Waals surface area contributed by atoms with E-state index in [2.05, 4.69) is 26.5 Å². The van der Waals surface area contributed by atoms with Crippen molar-refractivity contribution in [2.75, 3.05) is 6.61 Å². The lowest BCUT2D eigenvalue weighted by molar-refractivity contribution is 0.270. The largest absolute Gasteiger partial charge is 0.492 e. The van der Waals surface area contributed by atoms with Crippen LogP contribution in [-0.2, 0) is 0 Å². The molecule has 1 aromatic rings. The SMILES string of the molecule is C=Cc1ccc(C#N)c(OCC(C)C)c1. The molecule has 0 atom stereocenters. The fourth-order valence-electron chi connectivity index (χ4n) is 1.13. The third-order valence-corrected chi connectivity index (χ3v) is 1.93. The molecule has 15 heavy (non-hydrogen) atoms. The Morgan fingerprint density at radius 3 is 2.80 bits per heavy atom. The lowest BCUT2D eigenvalue weighted by Gasteiger charge is -2.10. The maximum atomic E-state index is 8.89. The van der Waals surface area contributed by atoms with Gasteiger partial charge in [-0.15, -0.1) is 0 Å². The summed E-state index contributed by atoms with van der Waals surface area (Å²) in [6, 6.07) is 7.56. The van der Waals surface area contributed by atoms with Crippen LogP contribution < -0.4 is 4.74 Å². The molecule has 0 aliphatic carbocycles. The summed E-state index contributed by atoms with van der Waals surface area (Å²) in [4.78, 5) is 0. The summed E-state index contributed by atoms with van der Waals surface area (Å²) >= 11 is 0. The second kappa shape index (κ2) is 5.21. The van der Waals surface area contributed by atoms with E-state index in [1.807, 2.05) is 12.1 Å². The van der Waals surface area contributed by atoms with Gasteiger partial charge in [0.15, 0.2) is 0 Å². The van der Waals surface area contributed by atoms with E-state index in [9.17, 15) is 0 Å². The molecule has 2 heteroatoms. The van der Waals surface area contributed by atoms with Crippen LogP contribution in [0.2, 0.25) is 0 Å². The van der Waals surface area contributed by atoms with Gasteiger partial charge in [-0.25, -0.2) is 0 Å². The topological polar surface area (TPSA) is 33.0 Å². The maximum absolute atomic E-state index is 8.89. The standard InChI is InChI=1S/C13H15NO/c1-4-11-5-6-12(8-14)13(7-11)15-9-10(2)3/h4-7,10H,1,9H2,2-3H3. The number of benzene rings is 1. The molecule has 1 rings (SSSR count). The van der Waals surface area contributed by atoms with Crippen molar-refractivity contribution in [3.05, 3.63) is 35.9 Å². The molecule has 0 amide bonds. The van der Waals surface area contributed by atoms with E-state index in [0.717, 1.165) is 5.56 Å². The van der Waals surface area contributed by atoms with Crippen LogP contribution >= 0.6 is 0 Å². The first-order valence-corrected chi connectivity index (χ1v) is 4.96. The first kappa shape index (κ1) is 11.3. The predicted molar refractivity (Wildman–Crippen MR) is 61.6 cm³/mol. The summed E-state index contributed by atoms with van der Waals surface area (Å²) in [7, 11) is 0. The third-order valence-electron chi connectivity index (χ3n) is 1.93. The Labute approximate surface area is 90.8 Å². The highest BCUT2D eigenvalue weighted by atomic mass is 16.5. The zero-order valence-electron chi connectivity index (χ0n) is 9.16. The minimum Gasteiger partial charge on any atom is -0.492 e. The van der Waals surface area contributed by atoms with E-state index >= 15 is 0 Å². The lowest BCUT2D eigenvalue weighted by Crippen LogP contribution is -2.05. The van der Waals surface area contributed by atoms with Gasteiger partial charge < -0.3 is 4.74 Å². The average Bonchev–Trinajstić information content (AvgIpc) is 2.25. The molecule has 2 nitrogen and oxygen atoms in total. The van der Waals surface area contributed by atoms with Gasteiger partial charge in [-0.3, -0.25) is 0 Å². The Balaban J connectivity index is 2.92.